The number of benzene rings is 6. The average molecular weight is 541 g/mol. The molecule has 0 radical (unpaired) electrons. The smallest absolute Gasteiger partial charge is 0.178 e. The highest BCUT2D eigenvalue weighted by Crippen LogP contribution is 2.58. The molecular weight excluding hydrogens is 508 g/mol. The molecule has 42 heavy (non-hydrogen) atoms. The van der Waals surface area contributed by atoms with Crippen molar-refractivity contribution in [3.05, 3.63) is 167 Å². The Hall–Kier alpha value is -4.88. The predicted molar refractivity (Wildman–Crippen MR) is 175 cm³/mol. The van der Waals surface area contributed by atoms with Crippen LogP contribution in [0.4, 0.5) is 0 Å². The van der Waals surface area contributed by atoms with Gasteiger partial charge >= 0.3 is 0 Å². The topological polar surface area (TPSA) is 9.23 Å². The maximum absolute atomic E-state index is 7.40. The number of hydrogen-bond donors (Lipinski definition) is 0. The van der Waals surface area contributed by atoms with E-state index in [0.717, 1.165) is 22.3 Å². The first-order valence-electron chi connectivity index (χ1n) is 14.8. The molecule has 8 rings (SSSR count). The molecule has 202 valence electrons. The van der Waals surface area contributed by atoms with E-state index in [2.05, 4.69) is 160 Å². The van der Waals surface area contributed by atoms with Gasteiger partial charge in [-0.15, -0.1) is 0 Å². The van der Waals surface area contributed by atoms with Crippen molar-refractivity contribution in [2.75, 3.05) is 0 Å². The maximum atomic E-state index is 7.40. The van der Waals surface area contributed by atoms with Crippen molar-refractivity contribution in [3.8, 4) is 28.0 Å². The van der Waals surface area contributed by atoms with Crippen LogP contribution in [-0.2, 0) is 11.0 Å². The minimum Gasteiger partial charge on any atom is -0.472 e. The summed E-state index contributed by atoms with van der Waals surface area (Å²) in [7, 11) is 0. The van der Waals surface area contributed by atoms with E-state index in [0.29, 0.717) is 0 Å². The van der Waals surface area contributed by atoms with Crippen molar-refractivity contribution >= 4 is 16.8 Å². The number of hydrogen-bond acceptors (Lipinski definition) is 1. The molecule has 1 aliphatic heterocycles. The van der Waals surface area contributed by atoms with E-state index in [4.69, 9.17) is 4.74 Å². The van der Waals surface area contributed by atoms with Gasteiger partial charge in [-0.1, -0.05) is 153 Å². The Morgan fingerprint density at radius 3 is 1.95 bits per heavy atom. The van der Waals surface area contributed by atoms with Crippen LogP contribution in [0.25, 0.3) is 39.1 Å². The second-order valence-electron chi connectivity index (χ2n) is 12.2. The number of aryl methyl sites for hydroxylation is 1. The van der Waals surface area contributed by atoms with Crippen molar-refractivity contribution < 1.29 is 4.74 Å². The minimum absolute atomic E-state index is 0.150. The molecule has 1 unspecified atom stereocenters. The first-order valence-corrected chi connectivity index (χ1v) is 14.8. The fourth-order valence-corrected chi connectivity index (χ4v) is 7.25. The Morgan fingerprint density at radius 1 is 0.595 bits per heavy atom. The van der Waals surface area contributed by atoms with Gasteiger partial charge in [0.15, 0.2) is 5.60 Å². The molecule has 6 aromatic rings. The lowest BCUT2D eigenvalue weighted by atomic mass is 9.76. The van der Waals surface area contributed by atoms with Crippen LogP contribution in [0.2, 0.25) is 0 Å². The Labute approximate surface area is 247 Å². The Morgan fingerprint density at radius 2 is 1.21 bits per heavy atom. The fourth-order valence-electron chi connectivity index (χ4n) is 7.25. The zero-order valence-corrected chi connectivity index (χ0v) is 24.2. The third-order valence-corrected chi connectivity index (χ3v) is 9.32. The van der Waals surface area contributed by atoms with Gasteiger partial charge in [-0.05, 0) is 51.8 Å². The highest BCUT2D eigenvalue weighted by Gasteiger charge is 2.44. The lowest BCUT2D eigenvalue weighted by Gasteiger charge is -2.38. The summed E-state index contributed by atoms with van der Waals surface area (Å²) in [4.78, 5) is 0. The molecule has 1 nitrogen and oxygen atoms in total. The lowest BCUT2D eigenvalue weighted by Crippen LogP contribution is -2.35. The zero-order chi connectivity index (χ0) is 28.5. The zero-order valence-electron chi connectivity index (χ0n) is 24.2. The van der Waals surface area contributed by atoms with Crippen LogP contribution in [0.15, 0.2) is 133 Å². The number of fused-ring (bicyclic) bond motifs is 8. The quantitative estimate of drug-likeness (QED) is 0.217. The van der Waals surface area contributed by atoms with Gasteiger partial charge in [-0.3, -0.25) is 0 Å². The van der Waals surface area contributed by atoms with Crippen LogP contribution in [0.1, 0.15) is 47.2 Å². The molecule has 6 aromatic carbocycles. The van der Waals surface area contributed by atoms with Gasteiger partial charge in [0.1, 0.15) is 5.75 Å². The van der Waals surface area contributed by atoms with Gasteiger partial charge in [0.2, 0.25) is 0 Å². The summed E-state index contributed by atoms with van der Waals surface area (Å²) in [6.45, 7) is 6.91. The highest BCUT2D eigenvalue weighted by atomic mass is 16.5. The van der Waals surface area contributed by atoms with Crippen molar-refractivity contribution in [2.24, 2.45) is 0 Å². The van der Waals surface area contributed by atoms with E-state index in [1.807, 2.05) is 0 Å². The van der Waals surface area contributed by atoms with E-state index in [1.54, 1.807) is 0 Å². The van der Waals surface area contributed by atoms with Gasteiger partial charge < -0.3 is 4.74 Å². The number of rotatable bonds is 3. The maximum Gasteiger partial charge on any atom is 0.178 e. The summed E-state index contributed by atoms with van der Waals surface area (Å²) < 4.78 is 7.40. The Balaban J connectivity index is 1.38. The second kappa shape index (κ2) is 9.06. The van der Waals surface area contributed by atoms with E-state index >= 15 is 0 Å². The molecule has 2 aliphatic rings. The molecule has 1 atom stereocenters. The molecular formula is C41H32O. The predicted octanol–water partition coefficient (Wildman–Crippen LogP) is 10.5. The van der Waals surface area contributed by atoms with Gasteiger partial charge in [0, 0.05) is 27.5 Å². The van der Waals surface area contributed by atoms with Crippen molar-refractivity contribution in [2.45, 2.75) is 31.8 Å². The third kappa shape index (κ3) is 3.50. The van der Waals surface area contributed by atoms with Crippen LogP contribution in [0.5, 0.6) is 5.75 Å². The van der Waals surface area contributed by atoms with Crippen LogP contribution < -0.4 is 4.74 Å². The first kappa shape index (κ1) is 24.9. The van der Waals surface area contributed by atoms with Crippen LogP contribution in [0, 0.1) is 6.92 Å². The molecule has 0 saturated carbocycles. The third-order valence-electron chi connectivity index (χ3n) is 9.32. The molecule has 0 aromatic heterocycles. The highest BCUT2D eigenvalue weighted by molar-refractivity contribution is 6.08. The fraction of sp³-hybridized carbons (Fsp3) is 0.122. The molecule has 1 aliphatic carbocycles. The van der Waals surface area contributed by atoms with Gasteiger partial charge in [0.05, 0.1) is 0 Å². The monoisotopic (exact) mass is 540 g/mol. The summed E-state index contributed by atoms with van der Waals surface area (Å²) in [6, 6.07) is 45.7. The molecule has 0 fully saturated rings. The van der Waals surface area contributed by atoms with Crippen LogP contribution in [0.3, 0.4) is 0 Å². The first-order chi connectivity index (χ1) is 20.5. The van der Waals surface area contributed by atoms with Gasteiger partial charge in [0.25, 0.3) is 0 Å². The van der Waals surface area contributed by atoms with Crippen LogP contribution >= 0.6 is 0 Å². The standard InChI is InChI=1S/C41H32O/c1-27-18-23-34-36(26-27)40(2,3)38-35-24-25-41(30-14-8-5-9-15-30,42-39(35)33-17-11-10-16-32(33)37(34)38)31-21-19-29(20-22-31)28-12-6-4-7-13-28/h4-26H,1-3H3. The normalized spacial score (nSPS) is 17.8. The van der Waals surface area contributed by atoms with E-state index < -0.39 is 5.60 Å². The largest absolute Gasteiger partial charge is 0.472 e. The molecule has 1 heteroatoms. The van der Waals surface area contributed by atoms with Crippen molar-refractivity contribution in [1.82, 2.24) is 0 Å². The van der Waals surface area contributed by atoms with E-state index in [-0.39, 0.29) is 5.41 Å². The summed E-state index contributed by atoms with van der Waals surface area (Å²) >= 11 is 0. The SMILES string of the molecule is Cc1ccc2c(c1)C(C)(C)c1c3c(c4ccccc4c1-2)OC(c1ccccc1)(c1ccc(-c2ccccc2)cc1)C=C3. The Kier molecular flexibility index (Phi) is 5.37. The Bertz CT molecular complexity index is 2010. The summed E-state index contributed by atoms with van der Waals surface area (Å²) in [6.07, 6.45) is 4.62. The summed E-state index contributed by atoms with van der Waals surface area (Å²) in [5.74, 6) is 0.959. The van der Waals surface area contributed by atoms with Gasteiger partial charge in [-0.2, -0.15) is 0 Å². The van der Waals surface area contributed by atoms with Crippen molar-refractivity contribution in [1.29, 1.82) is 0 Å². The van der Waals surface area contributed by atoms with Crippen LogP contribution in [-0.4, -0.2) is 0 Å². The lowest BCUT2D eigenvalue weighted by molar-refractivity contribution is 0.163. The molecule has 0 amide bonds. The minimum atomic E-state index is -0.757. The molecule has 0 bridgehead atoms. The summed E-state index contributed by atoms with van der Waals surface area (Å²) in [5.41, 5.74) is 11.6. The second-order valence-corrected chi connectivity index (χ2v) is 12.2. The van der Waals surface area contributed by atoms with E-state index in [1.165, 1.54) is 49.9 Å². The average Bonchev–Trinajstić information content (AvgIpc) is 3.28. The molecule has 0 N–H and O–H groups in total. The van der Waals surface area contributed by atoms with Crippen molar-refractivity contribution in [3.63, 3.8) is 0 Å². The van der Waals surface area contributed by atoms with Gasteiger partial charge in [-0.25, -0.2) is 0 Å². The molecule has 1 heterocycles. The molecule has 0 spiro atoms. The number of ether oxygens (including phenoxy) is 1. The summed E-state index contributed by atoms with van der Waals surface area (Å²) in [5, 5.41) is 2.40. The molecule has 0 saturated heterocycles. The van der Waals surface area contributed by atoms with E-state index in [9.17, 15) is 0 Å².